The van der Waals surface area contributed by atoms with E-state index in [1.54, 1.807) is 18.2 Å². The minimum atomic E-state index is -5.93. The van der Waals surface area contributed by atoms with Gasteiger partial charge in [-0.3, -0.25) is 28.1 Å². The fourth-order valence-electron chi connectivity index (χ4n) is 5.06. The Balaban J connectivity index is 0.00000961. The minimum Gasteiger partial charge on any atom is -0.790 e. The van der Waals surface area contributed by atoms with Gasteiger partial charge in [0.1, 0.15) is 42.0 Å². The minimum absolute atomic E-state index is 0. The van der Waals surface area contributed by atoms with Crippen molar-refractivity contribution in [2.24, 2.45) is 5.41 Å². The second-order valence-electron chi connectivity index (χ2n) is 13.1. The smallest absolute Gasteiger partial charge is 0.790 e. The zero-order valence-electron chi connectivity index (χ0n) is 34.8. The molecule has 1 aliphatic rings. The molecule has 3 heterocycles. The van der Waals surface area contributed by atoms with Gasteiger partial charge in [0, 0.05) is 30.7 Å². The third-order valence-electron chi connectivity index (χ3n) is 8.03. The first-order valence-electron chi connectivity index (χ1n) is 16.9. The number of phosphoric ester groups is 3. The maximum atomic E-state index is 12.6. The van der Waals surface area contributed by atoms with E-state index >= 15 is 0 Å². The van der Waals surface area contributed by atoms with Gasteiger partial charge in [0.25, 0.3) is 15.6 Å². The van der Waals surface area contributed by atoms with Crippen LogP contribution < -0.4 is 154 Å². The molecule has 326 valence electrons. The first-order chi connectivity index (χ1) is 27.5. The van der Waals surface area contributed by atoms with E-state index in [2.05, 4.69) is 43.5 Å². The third-order valence-corrected chi connectivity index (χ3v) is 11.9. The van der Waals surface area contributed by atoms with Crippen molar-refractivity contribution < 1.29 is 204 Å². The average Bonchev–Trinajstić information content (AvgIpc) is 3.71. The summed E-state index contributed by atoms with van der Waals surface area (Å²) in [7, 11) is -17.6. The predicted molar refractivity (Wildman–Crippen MR) is 195 cm³/mol. The van der Waals surface area contributed by atoms with Crippen LogP contribution in [0, 0.1) is 5.41 Å². The zero-order valence-corrected chi connectivity index (χ0v) is 46.3. The van der Waals surface area contributed by atoms with Crippen LogP contribution in [0.4, 0.5) is 5.82 Å². The predicted octanol–water partition coefficient (Wildman–Crippen LogP) is -14.4. The molecule has 1 aliphatic heterocycles. The summed E-state index contributed by atoms with van der Waals surface area (Å²) in [5.41, 5.74) is 4.74. The maximum Gasteiger partial charge on any atom is 1.00 e. The van der Waals surface area contributed by atoms with Crippen molar-refractivity contribution in [3.05, 3.63) is 48.6 Å². The van der Waals surface area contributed by atoms with Gasteiger partial charge in [-0.15, -0.1) is 0 Å². The number of aromatic hydroxyl groups is 1. The number of nitrogens with two attached hydrogens (primary N) is 1. The van der Waals surface area contributed by atoms with Crippen molar-refractivity contribution in [3.8, 4) is 5.75 Å². The molecule has 1 saturated heterocycles. The number of nitrogen functional groups attached to an aromatic ring is 1. The number of aromatic nitrogens is 4. The number of rotatable bonds is 21. The van der Waals surface area contributed by atoms with Gasteiger partial charge in [-0.1, -0.05) is 43.8 Å². The maximum absolute atomic E-state index is 12.6. The van der Waals surface area contributed by atoms with Gasteiger partial charge in [-0.2, -0.15) is 0 Å². The molecule has 2 aromatic heterocycles. The molecule has 0 radical (unpaired) electrons. The van der Waals surface area contributed by atoms with Gasteiger partial charge in [0.05, 0.1) is 27.4 Å². The molecule has 63 heavy (non-hydrogen) atoms. The number of nitrogens with one attached hydrogen (secondary N) is 2. The van der Waals surface area contributed by atoms with Crippen LogP contribution >= 0.6 is 35.2 Å². The summed E-state index contributed by atoms with van der Waals surface area (Å²) >= 11 is 0.945. The van der Waals surface area contributed by atoms with Crippen molar-refractivity contribution in [2.45, 2.75) is 50.9 Å². The van der Waals surface area contributed by atoms with Crippen molar-refractivity contribution in [1.82, 2.24) is 30.2 Å². The second kappa shape index (κ2) is 28.1. The first kappa shape index (κ1) is 63.3. The number of fused-ring (bicyclic) bond motifs is 1. The number of aliphatic hydroxyl groups is 2. The number of phosphoric acid groups is 3. The van der Waals surface area contributed by atoms with Crippen LogP contribution in [0.25, 0.3) is 17.2 Å². The normalized spacial score (nSPS) is 19.9. The molecular weight excluding hydrogens is 969 g/mol. The molecule has 0 saturated carbocycles. The summed E-state index contributed by atoms with van der Waals surface area (Å²) in [6.07, 6.45) is -4.79. The molecule has 0 spiro atoms. The molecule has 7 N–H and O–H groups in total. The zero-order chi connectivity index (χ0) is 43.8. The number of carbonyl (C=O) groups excluding carboxylic acids is 3. The number of thioether (sulfide) groups is 1. The summed E-state index contributed by atoms with van der Waals surface area (Å²) in [6.45, 7) is -0.0545. The molecule has 2 unspecified atom stereocenters. The number of ether oxygens (including phenoxy) is 1. The third kappa shape index (κ3) is 20.4. The standard InChI is InChI=1S/C30H42N7O18P3S.4Na/c1-30(2,25(42)28(43)33-10-9-20(39)32-11-12-59-21(40)8-5-17-3-6-18(38)7-4-17)14-52-58(49,50)55-57(47,48)51-13-19-24(54-56(44,45)46)23(41)29(53-19)37-16-36-22-26(31)34-15-35-27(22)37;;;;/h3-8,15-16,19,23-25,29,38,41-42H,9-14H2,1-2H3,(H,32,39)(H,33,43)(H,47,48)(H,49,50)(H2,31,34,35)(H2,44,45,46);;;;/q;4*+1/p-4/b8-5+;;;;/t19-,23-,24-,25+,29-;;;;/m1..../s1/i3+1,4+1,6+1,7+1,17+1,18+1;;;;. The summed E-state index contributed by atoms with van der Waals surface area (Å²) in [4.78, 5) is 96.2. The fourth-order valence-corrected chi connectivity index (χ4v) is 8.36. The molecule has 1 fully saturated rings. The molecular formula is C30H38N7Na4O18P3S. The Morgan fingerprint density at radius 2 is 1.63 bits per heavy atom. The van der Waals surface area contributed by atoms with E-state index in [-0.39, 0.29) is 171 Å². The van der Waals surface area contributed by atoms with E-state index in [9.17, 15) is 63.0 Å². The van der Waals surface area contributed by atoms with Crippen molar-refractivity contribution >= 4 is 75.2 Å². The number of amides is 2. The van der Waals surface area contributed by atoms with Crippen LogP contribution in [-0.2, 0) is 50.7 Å². The van der Waals surface area contributed by atoms with Crippen molar-refractivity contribution in [3.63, 3.8) is 0 Å². The quantitative estimate of drug-likeness (QED) is 0.0250. The van der Waals surface area contributed by atoms with E-state index in [1.165, 1.54) is 32.1 Å². The fraction of sp³-hybridized carbons (Fsp3) is 0.467. The van der Waals surface area contributed by atoms with Crippen LogP contribution in [0.1, 0.15) is 32.1 Å². The van der Waals surface area contributed by atoms with Crippen LogP contribution in [0.5, 0.6) is 5.75 Å². The average molecular weight is 1010 g/mol. The molecule has 4 rings (SSSR count). The number of phenolic OH excluding ortho intramolecular Hbond substituents is 1. The van der Waals surface area contributed by atoms with Crippen molar-refractivity contribution in [2.75, 3.05) is 37.8 Å². The number of hydrogen-bond donors (Lipinski definition) is 6. The number of aliphatic hydroxyl groups excluding tert-OH is 2. The number of carbonyl (C=O) groups is 3. The molecule has 1 aromatic carbocycles. The Hall–Kier alpha value is 0.320. The summed E-state index contributed by atoms with van der Waals surface area (Å²) in [6, 6.07) is 6.18. The number of benzene rings is 1. The molecule has 25 nitrogen and oxygen atoms in total. The Morgan fingerprint density at radius 3 is 2.27 bits per heavy atom. The molecule has 3 aromatic rings. The second-order valence-corrected chi connectivity index (χ2v) is 18.2. The Labute approximate surface area is 452 Å². The Morgan fingerprint density at radius 1 is 1.00 bits per heavy atom. The molecule has 7 atom stereocenters. The number of hydrogen-bond acceptors (Lipinski definition) is 23. The van der Waals surface area contributed by atoms with Crippen LogP contribution in [0.15, 0.2) is 43.0 Å². The largest absolute Gasteiger partial charge is 1.00 e. The van der Waals surface area contributed by atoms with Crippen molar-refractivity contribution in [1.29, 1.82) is 0 Å². The van der Waals surface area contributed by atoms with E-state index in [0.717, 1.165) is 29.0 Å². The number of phenols is 1. The molecule has 2 amide bonds. The summed E-state index contributed by atoms with van der Waals surface area (Å²) < 4.78 is 60.5. The van der Waals surface area contributed by atoms with Crippen LogP contribution in [-0.4, -0.2) is 108 Å². The molecule has 0 aliphatic carbocycles. The molecule has 0 bridgehead atoms. The van der Waals surface area contributed by atoms with Crippen LogP contribution in [0.3, 0.4) is 0 Å². The summed E-state index contributed by atoms with van der Waals surface area (Å²) in [5.74, 6) is -1.29. The SMILES string of the molecule is CC(C)(COP(=O)([O-])OP(=O)([O-])OC[C@H]1O[C@@H](n2cnc3c(N)ncnc32)[C@H](O)[C@@H]1OP(=O)([O-])[O-])[C@@H](O)C(=O)NCCC(=O)NCCSC(=O)/C=C/[13c]1[13cH][13cH][13c](O)[13cH][13cH]1.[Na+].[Na+].[Na+].[Na+]. The van der Waals surface area contributed by atoms with E-state index in [1.807, 2.05) is 0 Å². The van der Waals surface area contributed by atoms with Gasteiger partial charge < -0.3 is 74.1 Å². The van der Waals surface area contributed by atoms with Gasteiger partial charge in [0.2, 0.25) is 16.9 Å². The van der Waals surface area contributed by atoms with Gasteiger partial charge in [-0.05, 0) is 23.8 Å². The Kier molecular flexibility index (Phi) is 28.2. The van der Waals surface area contributed by atoms with E-state index in [0.29, 0.717) is 5.56 Å². The number of nitrogens with zero attached hydrogens (tertiary/aromatic N) is 4. The number of imidazole rings is 1. The van der Waals surface area contributed by atoms with E-state index < -0.39 is 84.6 Å². The first-order valence-corrected chi connectivity index (χ1v) is 22.3. The van der Waals surface area contributed by atoms with E-state index in [4.69, 9.17) is 10.5 Å². The van der Waals surface area contributed by atoms with Crippen LogP contribution in [0.2, 0.25) is 0 Å². The Bertz CT molecular complexity index is 2160. The van der Waals surface area contributed by atoms with Gasteiger partial charge >= 0.3 is 118 Å². The summed E-state index contributed by atoms with van der Waals surface area (Å²) in [5, 5.41) is 35.2. The monoisotopic (exact) mass is 1010 g/mol. The number of anilines is 1. The molecule has 33 heteroatoms. The topological polar surface area (TPSA) is 395 Å². The van der Waals surface area contributed by atoms with Gasteiger partial charge in [0.15, 0.2) is 17.7 Å². The van der Waals surface area contributed by atoms with Gasteiger partial charge in [-0.25, -0.2) is 19.3 Å².